The fraction of sp³-hybridized carbons (Fsp3) is 0.556. The average Bonchev–Trinajstić information content (AvgIpc) is 2.95. The maximum atomic E-state index is 6.31. The standard InChI is InChI=1S/C18H23NO3/c1-4-19-12-9-10-5-7-13(20-2)17-15(10)16-11(12)6-8-14(21-3)18(16)22-17/h5,7-8,11-12,16,18-19H,4,6,9H2,1-3H3/t11?,12-,16?,18+/m0/s1. The van der Waals surface area contributed by atoms with Gasteiger partial charge in [0.1, 0.15) is 5.76 Å². The highest BCUT2D eigenvalue weighted by Gasteiger charge is 2.51. The van der Waals surface area contributed by atoms with Crippen molar-refractivity contribution in [3.05, 3.63) is 35.1 Å². The number of rotatable bonds is 4. The topological polar surface area (TPSA) is 39.7 Å². The summed E-state index contributed by atoms with van der Waals surface area (Å²) in [4.78, 5) is 0. The van der Waals surface area contributed by atoms with E-state index < -0.39 is 0 Å². The number of allylic oxidation sites excluding steroid dienone is 1. The highest BCUT2D eigenvalue weighted by atomic mass is 16.6. The highest BCUT2D eigenvalue weighted by molar-refractivity contribution is 5.58. The number of ether oxygens (including phenoxy) is 3. The SMILES string of the molecule is CCN[C@H]1Cc2ccc(OC)c3c2C2C1CC=C(OC)[C@H]2O3. The molecule has 1 aromatic rings. The number of hydrogen-bond donors (Lipinski definition) is 1. The van der Waals surface area contributed by atoms with E-state index in [4.69, 9.17) is 14.2 Å². The molecular formula is C18H23NO3. The van der Waals surface area contributed by atoms with Crippen LogP contribution < -0.4 is 14.8 Å². The van der Waals surface area contributed by atoms with E-state index in [9.17, 15) is 0 Å². The first-order chi connectivity index (χ1) is 10.8. The average molecular weight is 301 g/mol. The van der Waals surface area contributed by atoms with E-state index in [0.717, 1.165) is 36.6 Å². The minimum Gasteiger partial charge on any atom is -0.497 e. The molecule has 1 aromatic carbocycles. The normalized spacial score (nSPS) is 31.1. The van der Waals surface area contributed by atoms with Crippen LogP contribution >= 0.6 is 0 Å². The molecule has 0 bridgehead atoms. The molecule has 0 amide bonds. The largest absolute Gasteiger partial charge is 0.497 e. The Morgan fingerprint density at radius 3 is 2.86 bits per heavy atom. The van der Waals surface area contributed by atoms with E-state index in [1.54, 1.807) is 14.2 Å². The Morgan fingerprint density at radius 1 is 1.27 bits per heavy atom. The van der Waals surface area contributed by atoms with E-state index in [0.29, 0.717) is 17.9 Å². The zero-order chi connectivity index (χ0) is 15.3. The van der Waals surface area contributed by atoms with Crippen LogP contribution in [0.2, 0.25) is 0 Å². The maximum Gasteiger partial charge on any atom is 0.166 e. The van der Waals surface area contributed by atoms with Crippen molar-refractivity contribution in [1.29, 1.82) is 0 Å². The van der Waals surface area contributed by atoms with Crippen molar-refractivity contribution < 1.29 is 14.2 Å². The van der Waals surface area contributed by atoms with Crippen LogP contribution in [-0.2, 0) is 11.2 Å². The number of hydrogen-bond acceptors (Lipinski definition) is 4. The Morgan fingerprint density at radius 2 is 2.14 bits per heavy atom. The lowest BCUT2D eigenvalue weighted by molar-refractivity contribution is 0.102. The molecule has 0 saturated carbocycles. The van der Waals surface area contributed by atoms with Gasteiger partial charge in [-0.1, -0.05) is 13.0 Å². The molecule has 0 saturated heterocycles. The van der Waals surface area contributed by atoms with Gasteiger partial charge >= 0.3 is 0 Å². The summed E-state index contributed by atoms with van der Waals surface area (Å²) in [5.74, 6) is 3.66. The zero-order valence-corrected chi connectivity index (χ0v) is 13.4. The minimum absolute atomic E-state index is 0.00439. The Kier molecular flexibility index (Phi) is 3.30. The van der Waals surface area contributed by atoms with Gasteiger partial charge in [-0.25, -0.2) is 0 Å². The van der Waals surface area contributed by atoms with Gasteiger partial charge in [-0.05, 0) is 43.0 Å². The lowest BCUT2D eigenvalue weighted by atomic mass is 9.67. The second-order valence-corrected chi connectivity index (χ2v) is 6.31. The minimum atomic E-state index is -0.00439. The van der Waals surface area contributed by atoms with Crippen molar-refractivity contribution in [2.24, 2.45) is 5.92 Å². The molecule has 4 atom stereocenters. The Hall–Kier alpha value is -1.68. The molecule has 2 aliphatic carbocycles. The van der Waals surface area contributed by atoms with Gasteiger partial charge in [0.05, 0.1) is 14.2 Å². The maximum absolute atomic E-state index is 6.31. The van der Waals surface area contributed by atoms with Gasteiger partial charge in [-0.15, -0.1) is 0 Å². The van der Waals surface area contributed by atoms with Gasteiger partial charge in [-0.3, -0.25) is 0 Å². The third kappa shape index (κ3) is 1.80. The highest BCUT2D eigenvalue weighted by Crippen LogP contribution is 2.56. The number of likely N-dealkylation sites (N-methyl/N-ethyl adjacent to an activating group) is 1. The fourth-order valence-electron chi connectivity index (χ4n) is 4.47. The molecule has 1 N–H and O–H groups in total. The number of benzene rings is 1. The zero-order valence-electron chi connectivity index (χ0n) is 13.4. The first kappa shape index (κ1) is 13.9. The molecule has 4 rings (SSSR count). The fourth-order valence-corrected chi connectivity index (χ4v) is 4.47. The molecule has 4 nitrogen and oxygen atoms in total. The summed E-state index contributed by atoms with van der Waals surface area (Å²) in [7, 11) is 3.44. The van der Waals surface area contributed by atoms with Crippen LogP contribution in [0.4, 0.5) is 0 Å². The van der Waals surface area contributed by atoms with Crippen LogP contribution in [0.25, 0.3) is 0 Å². The Labute approximate surface area is 131 Å². The molecule has 1 heterocycles. The molecule has 0 spiro atoms. The molecule has 1 aliphatic heterocycles. The third-order valence-electron chi connectivity index (χ3n) is 5.37. The van der Waals surface area contributed by atoms with Crippen molar-refractivity contribution in [3.63, 3.8) is 0 Å². The van der Waals surface area contributed by atoms with Crippen molar-refractivity contribution in [2.45, 2.75) is 37.8 Å². The van der Waals surface area contributed by atoms with Crippen molar-refractivity contribution in [2.75, 3.05) is 20.8 Å². The lowest BCUT2D eigenvalue weighted by Crippen LogP contribution is -2.47. The van der Waals surface area contributed by atoms with Crippen molar-refractivity contribution in [1.82, 2.24) is 5.32 Å². The van der Waals surface area contributed by atoms with Crippen LogP contribution in [0.5, 0.6) is 11.5 Å². The van der Waals surface area contributed by atoms with Gasteiger partial charge in [0, 0.05) is 17.5 Å². The first-order valence-electron chi connectivity index (χ1n) is 8.12. The molecule has 3 aliphatic rings. The summed E-state index contributed by atoms with van der Waals surface area (Å²) in [5.41, 5.74) is 2.74. The summed E-state index contributed by atoms with van der Waals surface area (Å²) in [5, 5.41) is 3.67. The van der Waals surface area contributed by atoms with E-state index in [1.807, 2.05) is 6.07 Å². The van der Waals surface area contributed by atoms with Gasteiger partial charge in [-0.2, -0.15) is 0 Å². The smallest absolute Gasteiger partial charge is 0.166 e. The molecule has 118 valence electrons. The summed E-state index contributed by atoms with van der Waals surface area (Å²) in [6.45, 7) is 3.18. The monoisotopic (exact) mass is 301 g/mol. The van der Waals surface area contributed by atoms with E-state index >= 15 is 0 Å². The summed E-state index contributed by atoms with van der Waals surface area (Å²) < 4.78 is 17.4. The third-order valence-corrected chi connectivity index (χ3v) is 5.37. The molecule has 0 fully saturated rings. The quantitative estimate of drug-likeness (QED) is 0.928. The van der Waals surface area contributed by atoms with E-state index in [2.05, 4.69) is 24.4 Å². The second-order valence-electron chi connectivity index (χ2n) is 6.31. The van der Waals surface area contributed by atoms with Gasteiger partial charge < -0.3 is 19.5 Å². The predicted octanol–water partition coefficient (Wildman–Crippen LogP) is 2.62. The summed E-state index contributed by atoms with van der Waals surface area (Å²) in [6, 6.07) is 4.74. The van der Waals surface area contributed by atoms with E-state index in [-0.39, 0.29) is 6.10 Å². The Balaban J connectivity index is 1.85. The molecule has 0 radical (unpaired) electrons. The molecule has 0 aromatic heterocycles. The summed E-state index contributed by atoms with van der Waals surface area (Å²) in [6.07, 6.45) is 4.31. The Bertz CT molecular complexity index is 625. The number of nitrogens with one attached hydrogen (secondary N) is 1. The summed E-state index contributed by atoms with van der Waals surface area (Å²) >= 11 is 0. The molecule has 4 heteroatoms. The van der Waals surface area contributed by atoms with Crippen LogP contribution in [0.3, 0.4) is 0 Å². The first-order valence-corrected chi connectivity index (χ1v) is 8.12. The van der Waals surface area contributed by atoms with Gasteiger partial charge in [0.2, 0.25) is 0 Å². The van der Waals surface area contributed by atoms with Gasteiger partial charge in [0.15, 0.2) is 17.6 Å². The van der Waals surface area contributed by atoms with Crippen LogP contribution in [0.15, 0.2) is 24.0 Å². The van der Waals surface area contributed by atoms with Crippen LogP contribution in [0.1, 0.15) is 30.4 Å². The van der Waals surface area contributed by atoms with Crippen LogP contribution in [0, 0.1) is 5.92 Å². The second kappa shape index (κ2) is 5.20. The molecular weight excluding hydrogens is 278 g/mol. The van der Waals surface area contributed by atoms with Crippen molar-refractivity contribution >= 4 is 0 Å². The van der Waals surface area contributed by atoms with Crippen LogP contribution in [-0.4, -0.2) is 32.9 Å². The number of methoxy groups -OCH3 is 2. The lowest BCUT2D eigenvalue weighted by Gasteiger charge is -2.41. The van der Waals surface area contributed by atoms with Gasteiger partial charge in [0.25, 0.3) is 0 Å². The molecule has 22 heavy (non-hydrogen) atoms. The van der Waals surface area contributed by atoms with Crippen molar-refractivity contribution in [3.8, 4) is 11.5 Å². The van der Waals surface area contributed by atoms with E-state index in [1.165, 1.54) is 11.1 Å². The predicted molar refractivity (Wildman–Crippen MR) is 84.5 cm³/mol. The molecule has 2 unspecified atom stereocenters.